The molecule has 0 saturated heterocycles. The summed E-state index contributed by atoms with van der Waals surface area (Å²) in [5.41, 5.74) is 1.44. The number of halogens is 1. The van der Waals surface area contributed by atoms with E-state index in [9.17, 15) is 14.0 Å². The Labute approximate surface area is 186 Å². The quantitative estimate of drug-likeness (QED) is 0.486. The van der Waals surface area contributed by atoms with Crippen LogP contribution in [0, 0.1) is 5.82 Å². The topological polar surface area (TPSA) is 76.7 Å². The predicted molar refractivity (Wildman–Crippen MR) is 121 cm³/mol. The molecule has 6 nitrogen and oxygen atoms in total. The molecule has 3 aromatic rings. The Morgan fingerprint density at radius 1 is 0.844 bits per heavy atom. The Morgan fingerprint density at radius 3 is 2.19 bits per heavy atom. The summed E-state index contributed by atoms with van der Waals surface area (Å²) >= 11 is 0. The monoisotopic (exact) mass is 436 g/mol. The van der Waals surface area contributed by atoms with Gasteiger partial charge in [0.25, 0.3) is 11.8 Å². The van der Waals surface area contributed by atoms with Gasteiger partial charge in [-0.1, -0.05) is 42.5 Å². The molecule has 166 valence electrons. The van der Waals surface area contributed by atoms with Crippen molar-refractivity contribution >= 4 is 17.5 Å². The maximum Gasteiger partial charge on any atom is 0.258 e. The zero-order valence-electron chi connectivity index (χ0n) is 18.0. The van der Waals surface area contributed by atoms with E-state index in [1.54, 1.807) is 6.07 Å². The first-order valence-corrected chi connectivity index (χ1v) is 10.2. The van der Waals surface area contributed by atoms with Gasteiger partial charge in [-0.25, -0.2) is 4.39 Å². The van der Waals surface area contributed by atoms with Crippen LogP contribution in [0.25, 0.3) is 0 Å². The molecule has 0 aromatic heterocycles. The number of benzene rings is 3. The van der Waals surface area contributed by atoms with E-state index in [1.807, 2.05) is 30.3 Å². The third-order valence-corrected chi connectivity index (χ3v) is 4.91. The molecule has 0 bridgehead atoms. The zero-order valence-corrected chi connectivity index (χ0v) is 18.0. The Balaban J connectivity index is 1.77. The minimum atomic E-state index is -0.673. The van der Waals surface area contributed by atoms with Gasteiger partial charge in [-0.2, -0.15) is 0 Å². The van der Waals surface area contributed by atoms with Crippen LogP contribution < -0.4 is 20.1 Å². The van der Waals surface area contributed by atoms with Crippen molar-refractivity contribution in [2.75, 3.05) is 26.1 Å². The molecule has 0 radical (unpaired) electrons. The first-order chi connectivity index (χ1) is 15.5. The molecule has 0 spiro atoms. The number of anilines is 1. The van der Waals surface area contributed by atoms with E-state index in [0.29, 0.717) is 18.0 Å². The lowest BCUT2D eigenvalue weighted by atomic mass is 10.1. The summed E-state index contributed by atoms with van der Waals surface area (Å²) in [4.78, 5) is 25.5. The summed E-state index contributed by atoms with van der Waals surface area (Å²) in [6.07, 6.45) is 1.57. The SMILES string of the molecule is COc1cc(NC(=O)c2ccccc2F)c(C(=O)NCCCc2ccccc2)cc1OC. The fraction of sp³-hybridized carbons (Fsp3) is 0.200. The van der Waals surface area contributed by atoms with E-state index in [0.717, 1.165) is 12.8 Å². The lowest BCUT2D eigenvalue weighted by Gasteiger charge is -2.16. The van der Waals surface area contributed by atoms with Crippen molar-refractivity contribution in [1.29, 1.82) is 0 Å². The van der Waals surface area contributed by atoms with Crippen molar-refractivity contribution in [3.63, 3.8) is 0 Å². The number of carbonyl (C=O) groups excluding carboxylic acids is 2. The van der Waals surface area contributed by atoms with Crippen LogP contribution in [0.3, 0.4) is 0 Å². The summed E-state index contributed by atoms with van der Waals surface area (Å²) in [6, 6.07) is 18.6. The molecule has 0 aliphatic carbocycles. The fourth-order valence-corrected chi connectivity index (χ4v) is 3.24. The molecule has 3 rings (SSSR count). The summed E-state index contributed by atoms with van der Waals surface area (Å²) in [5.74, 6) is -1.04. The molecule has 2 N–H and O–H groups in total. The molecular weight excluding hydrogens is 411 g/mol. The second-order valence-corrected chi connectivity index (χ2v) is 7.03. The minimum Gasteiger partial charge on any atom is -0.493 e. The Hall–Kier alpha value is -3.87. The summed E-state index contributed by atoms with van der Waals surface area (Å²) in [5, 5.41) is 5.48. The second-order valence-electron chi connectivity index (χ2n) is 7.03. The number of ether oxygens (including phenoxy) is 2. The van der Waals surface area contributed by atoms with Crippen LogP contribution in [0.2, 0.25) is 0 Å². The average Bonchev–Trinajstić information content (AvgIpc) is 2.82. The molecule has 0 unspecified atom stereocenters. The number of amides is 2. The Morgan fingerprint density at radius 2 is 1.50 bits per heavy atom. The van der Waals surface area contributed by atoms with Gasteiger partial charge < -0.3 is 20.1 Å². The average molecular weight is 436 g/mol. The Bertz CT molecular complexity index is 1090. The summed E-state index contributed by atoms with van der Waals surface area (Å²) in [6.45, 7) is 0.447. The van der Waals surface area contributed by atoms with E-state index >= 15 is 0 Å². The van der Waals surface area contributed by atoms with Crippen LogP contribution in [0.5, 0.6) is 11.5 Å². The van der Waals surface area contributed by atoms with Gasteiger partial charge >= 0.3 is 0 Å². The fourth-order valence-electron chi connectivity index (χ4n) is 3.24. The van der Waals surface area contributed by atoms with Crippen LogP contribution in [0.1, 0.15) is 32.7 Å². The summed E-state index contributed by atoms with van der Waals surface area (Å²) in [7, 11) is 2.90. The van der Waals surface area contributed by atoms with Crippen molar-refractivity contribution in [3.8, 4) is 11.5 Å². The third kappa shape index (κ3) is 5.63. The molecule has 32 heavy (non-hydrogen) atoms. The number of aryl methyl sites for hydroxylation is 1. The highest BCUT2D eigenvalue weighted by Crippen LogP contribution is 2.33. The van der Waals surface area contributed by atoms with E-state index in [4.69, 9.17) is 9.47 Å². The third-order valence-electron chi connectivity index (χ3n) is 4.91. The van der Waals surface area contributed by atoms with Crippen LogP contribution >= 0.6 is 0 Å². The van der Waals surface area contributed by atoms with Crippen molar-refractivity contribution in [3.05, 3.63) is 89.2 Å². The van der Waals surface area contributed by atoms with E-state index in [2.05, 4.69) is 10.6 Å². The number of rotatable bonds is 9. The van der Waals surface area contributed by atoms with Gasteiger partial charge in [0.2, 0.25) is 0 Å². The van der Waals surface area contributed by atoms with Crippen LogP contribution in [-0.4, -0.2) is 32.6 Å². The molecule has 3 aromatic carbocycles. The first-order valence-electron chi connectivity index (χ1n) is 10.2. The van der Waals surface area contributed by atoms with Crippen LogP contribution in [0.15, 0.2) is 66.7 Å². The van der Waals surface area contributed by atoms with Gasteiger partial charge in [0, 0.05) is 12.6 Å². The van der Waals surface area contributed by atoms with Crippen LogP contribution in [0.4, 0.5) is 10.1 Å². The van der Waals surface area contributed by atoms with E-state index < -0.39 is 11.7 Å². The predicted octanol–water partition coefficient (Wildman–Crippen LogP) is 4.46. The number of methoxy groups -OCH3 is 2. The largest absolute Gasteiger partial charge is 0.493 e. The number of hydrogen-bond donors (Lipinski definition) is 2. The molecule has 0 heterocycles. The second kappa shape index (κ2) is 10.9. The molecule has 2 amide bonds. The zero-order chi connectivity index (χ0) is 22.9. The first kappa shape index (κ1) is 22.8. The maximum atomic E-state index is 14.0. The van der Waals surface area contributed by atoms with Crippen molar-refractivity contribution in [2.45, 2.75) is 12.8 Å². The lowest BCUT2D eigenvalue weighted by Crippen LogP contribution is -2.26. The van der Waals surface area contributed by atoms with Crippen molar-refractivity contribution < 1.29 is 23.5 Å². The van der Waals surface area contributed by atoms with Gasteiger partial charge in [-0.15, -0.1) is 0 Å². The molecule has 0 aliphatic rings. The highest BCUT2D eigenvalue weighted by Gasteiger charge is 2.20. The molecular formula is C25H25FN2O4. The van der Waals surface area contributed by atoms with Gasteiger partial charge in [-0.3, -0.25) is 9.59 Å². The maximum absolute atomic E-state index is 14.0. The molecule has 0 fully saturated rings. The van der Waals surface area contributed by atoms with E-state index in [1.165, 1.54) is 50.1 Å². The number of hydrogen-bond acceptors (Lipinski definition) is 4. The number of carbonyl (C=O) groups is 2. The van der Waals surface area contributed by atoms with Crippen LogP contribution in [-0.2, 0) is 6.42 Å². The Kier molecular flexibility index (Phi) is 7.80. The van der Waals surface area contributed by atoms with Gasteiger partial charge in [0.1, 0.15) is 5.82 Å². The van der Waals surface area contributed by atoms with E-state index in [-0.39, 0.29) is 22.7 Å². The molecule has 7 heteroatoms. The lowest BCUT2D eigenvalue weighted by molar-refractivity contribution is 0.0953. The van der Waals surface area contributed by atoms with Gasteiger partial charge in [-0.05, 0) is 36.6 Å². The number of nitrogens with one attached hydrogen (secondary N) is 2. The highest BCUT2D eigenvalue weighted by molar-refractivity contribution is 6.09. The molecule has 0 saturated carbocycles. The molecule has 0 aliphatic heterocycles. The molecule has 0 atom stereocenters. The standard InChI is InChI=1S/C25H25FN2O4/c1-31-22-15-19(24(29)27-14-8-11-17-9-4-3-5-10-17)21(16-23(22)32-2)28-25(30)18-12-6-7-13-20(18)26/h3-7,9-10,12-13,15-16H,8,11,14H2,1-2H3,(H,27,29)(H,28,30). The van der Waals surface area contributed by atoms with Gasteiger partial charge in [0.05, 0.1) is 31.0 Å². The van der Waals surface area contributed by atoms with Gasteiger partial charge in [0.15, 0.2) is 11.5 Å². The minimum absolute atomic E-state index is 0.128. The smallest absolute Gasteiger partial charge is 0.258 e. The van der Waals surface area contributed by atoms with Crippen molar-refractivity contribution in [2.24, 2.45) is 0 Å². The normalized spacial score (nSPS) is 10.3. The highest BCUT2D eigenvalue weighted by atomic mass is 19.1. The summed E-state index contributed by atoms with van der Waals surface area (Å²) < 4.78 is 24.6. The van der Waals surface area contributed by atoms with Crippen molar-refractivity contribution in [1.82, 2.24) is 5.32 Å².